The zero-order chi connectivity index (χ0) is 15.2. The topological polar surface area (TPSA) is 76.0 Å². The number of ether oxygens (including phenoxy) is 1. The summed E-state index contributed by atoms with van der Waals surface area (Å²) < 4.78 is 32.0. The van der Waals surface area contributed by atoms with Crippen LogP contribution < -0.4 is 4.90 Å². The molecule has 0 N–H and O–H groups in total. The van der Waals surface area contributed by atoms with Crippen LogP contribution in [0.3, 0.4) is 0 Å². The maximum Gasteiger partial charge on any atom is 0.338 e. The number of anilines is 1. The average molecular weight is 326 g/mol. The first-order valence-electron chi connectivity index (χ1n) is 6.49. The molecule has 1 aromatic carbocycles. The monoisotopic (exact) mass is 326 g/mol. The van der Waals surface area contributed by atoms with Gasteiger partial charge in [-0.2, -0.15) is 0 Å². The van der Waals surface area contributed by atoms with Crippen molar-refractivity contribution in [1.82, 2.24) is 0 Å². The summed E-state index contributed by atoms with van der Waals surface area (Å²) in [5, 5.41) is 0.450. The van der Waals surface area contributed by atoms with Gasteiger partial charge in [0.15, 0.2) is 5.17 Å². The van der Waals surface area contributed by atoms with Gasteiger partial charge in [0.1, 0.15) is 0 Å². The van der Waals surface area contributed by atoms with E-state index in [1.54, 1.807) is 32.0 Å². The van der Waals surface area contributed by atoms with Gasteiger partial charge < -0.3 is 9.64 Å². The van der Waals surface area contributed by atoms with E-state index >= 15 is 0 Å². The van der Waals surface area contributed by atoms with Crippen molar-refractivity contribution < 1.29 is 17.9 Å². The molecular weight excluding hydrogens is 312 g/mol. The zero-order valence-electron chi connectivity index (χ0n) is 11.6. The highest BCUT2D eigenvalue weighted by Crippen LogP contribution is 2.42. The van der Waals surface area contributed by atoms with Gasteiger partial charge in [0.2, 0.25) is 0 Å². The summed E-state index contributed by atoms with van der Waals surface area (Å²) in [4.78, 5) is 14.6. The number of carbonyl (C=O) groups excluding carboxylic acids is 1. The third-order valence-electron chi connectivity index (χ3n) is 3.05. The molecule has 0 bridgehead atoms. The van der Waals surface area contributed by atoms with Crippen LogP contribution in [0.1, 0.15) is 24.2 Å². The summed E-state index contributed by atoms with van der Waals surface area (Å²) in [7, 11) is -3.36. The van der Waals surface area contributed by atoms with Crippen molar-refractivity contribution in [3.8, 4) is 0 Å². The lowest BCUT2D eigenvalue weighted by atomic mass is 10.2. The van der Waals surface area contributed by atoms with Gasteiger partial charge in [0.05, 0.1) is 23.1 Å². The van der Waals surface area contributed by atoms with Crippen LogP contribution in [0, 0.1) is 0 Å². The molecule has 2 aliphatic rings. The van der Waals surface area contributed by atoms with Crippen molar-refractivity contribution in [3.05, 3.63) is 23.8 Å². The molecule has 0 saturated heterocycles. The lowest BCUT2D eigenvalue weighted by Crippen LogP contribution is -2.35. The second-order valence-corrected chi connectivity index (χ2v) is 7.81. The third-order valence-corrected chi connectivity index (χ3v) is 5.36. The number of carbonyl (C=O) groups is 1. The molecule has 0 amide bonds. The zero-order valence-corrected chi connectivity index (χ0v) is 13.2. The second-order valence-electron chi connectivity index (χ2n) is 5.05. The van der Waals surface area contributed by atoms with E-state index < -0.39 is 10.0 Å². The number of hydrogen-bond acceptors (Lipinski definition) is 6. The minimum absolute atomic E-state index is 0.00758. The largest absolute Gasteiger partial charge is 0.459 e. The Labute approximate surface area is 127 Å². The maximum atomic E-state index is 11.9. The van der Waals surface area contributed by atoms with E-state index in [-0.39, 0.29) is 17.8 Å². The highest BCUT2D eigenvalue weighted by atomic mass is 32.2. The predicted octanol–water partition coefficient (Wildman–Crippen LogP) is 1.86. The van der Waals surface area contributed by atoms with Gasteiger partial charge in [-0.3, -0.25) is 0 Å². The van der Waals surface area contributed by atoms with Gasteiger partial charge in [0.25, 0.3) is 10.0 Å². The summed E-state index contributed by atoms with van der Waals surface area (Å²) in [6.07, 6.45) is -0.181. The Balaban J connectivity index is 1.93. The van der Waals surface area contributed by atoms with Crippen molar-refractivity contribution in [1.29, 1.82) is 0 Å². The molecule has 0 aliphatic carbocycles. The first-order valence-corrected chi connectivity index (χ1v) is 8.91. The van der Waals surface area contributed by atoms with Crippen LogP contribution in [0.25, 0.3) is 0 Å². The number of hydrogen-bond donors (Lipinski definition) is 0. The van der Waals surface area contributed by atoms with Gasteiger partial charge in [0, 0.05) is 11.4 Å². The van der Waals surface area contributed by atoms with Crippen molar-refractivity contribution in [3.63, 3.8) is 0 Å². The van der Waals surface area contributed by atoms with E-state index in [2.05, 4.69) is 4.40 Å². The van der Waals surface area contributed by atoms with Crippen LogP contribution in [0.5, 0.6) is 0 Å². The molecule has 0 spiro atoms. The van der Waals surface area contributed by atoms with Crippen molar-refractivity contribution in [2.75, 3.05) is 17.2 Å². The fraction of sp³-hybridized carbons (Fsp3) is 0.385. The number of sulfonamides is 1. The van der Waals surface area contributed by atoms with Gasteiger partial charge in [-0.15, -0.1) is 4.40 Å². The molecule has 0 saturated carbocycles. The van der Waals surface area contributed by atoms with E-state index in [4.69, 9.17) is 4.74 Å². The molecule has 2 aliphatic heterocycles. The molecule has 2 heterocycles. The van der Waals surface area contributed by atoms with Crippen LogP contribution in [0.2, 0.25) is 0 Å². The van der Waals surface area contributed by atoms with Crippen molar-refractivity contribution in [2.45, 2.75) is 24.8 Å². The van der Waals surface area contributed by atoms with Crippen LogP contribution in [-0.2, 0) is 14.8 Å². The predicted molar refractivity (Wildman–Crippen MR) is 81.4 cm³/mol. The van der Waals surface area contributed by atoms with Gasteiger partial charge in [-0.25, -0.2) is 13.2 Å². The Kier molecular flexibility index (Phi) is 3.45. The first kappa shape index (κ1) is 14.4. The number of fused-ring (bicyclic) bond motifs is 3. The molecule has 0 aromatic heterocycles. The molecular formula is C13H14N2O4S2. The Morgan fingerprint density at radius 2 is 2.19 bits per heavy atom. The van der Waals surface area contributed by atoms with Crippen LogP contribution in [0.4, 0.5) is 5.69 Å². The van der Waals surface area contributed by atoms with Crippen molar-refractivity contribution in [2.24, 2.45) is 4.40 Å². The van der Waals surface area contributed by atoms with E-state index in [0.717, 1.165) is 10.6 Å². The summed E-state index contributed by atoms with van der Waals surface area (Å²) in [5.74, 6) is -0.374. The molecule has 0 radical (unpaired) electrons. The number of esters is 1. The standard InChI is InChI=1S/C13H14N2O4S2/c1-8(2)19-12(16)9-3-4-10-11(7-9)20-13-14-21(17,18)6-5-15(10)13/h3-4,7-8H,5-6H2,1-2H3. The SMILES string of the molecule is CC(C)OC(=O)c1ccc2c(c1)SC1=NS(=O)(=O)CCN12. The van der Waals surface area contributed by atoms with Gasteiger partial charge in [-0.05, 0) is 43.8 Å². The molecule has 1 aromatic rings. The molecule has 3 rings (SSSR count). The number of amidine groups is 1. The second kappa shape index (κ2) is 5.03. The molecule has 8 heteroatoms. The molecule has 6 nitrogen and oxygen atoms in total. The molecule has 0 atom stereocenters. The van der Waals surface area contributed by atoms with E-state index in [1.165, 1.54) is 11.8 Å². The summed E-state index contributed by atoms with van der Waals surface area (Å²) in [5.41, 5.74) is 1.34. The number of rotatable bonds is 2. The van der Waals surface area contributed by atoms with Crippen molar-refractivity contribution >= 4 is 38.6 Å². The van der Waals surface area contributed by atoms with E-state index in [9.17, 15) is 13.2 Å². The minimum Gasteiger partial charge on any atom is -0.459 e. The first-order chi connectivity index (χ1) is 9.85. The Morgan fingerprint density at radius 1 is 1.43 bits per heavy atom. The Hall–Kier alpha value is -1.54. The minimum atomic E-state index is -3.36. The molecule has 21 heavy (non-hydrogen) atoms. The Bertz CT molecular complexity index is 741. The quantitative estimate of drug-likeness (QED) is 0.772. The van der Waals surface area contributed by atoms with Crippen LogP contribution >= 0.6 is 11.8 Å². The third kappa shape index (κ3) is 2.77. The van der Waals surface area contributed by atoms with Crippen LogP contribution in [-0.4, -0.2) is 38.0 Å². The summed E-state index contributed by atoms with van der Waals surface area (Å²) >= 11 is 1.26. The number of benzene rings is 1. The summed E-state index contributed by atoms with van der Waals surface area (Å²) in [6.45, 7) is 3.97. The number of thioether (sulfide) groups is 1. The fourth-order valence-electron chi connectivity index (χ4n) is 2.14. The highest BCUT2D eigenvalue weighted by molar-refractivity contribution is 8.15. The van der Waals surface area contributed by atoms with Crippen LogP contribution in [0.15, 0.2) is 27.5 Å². The lowest BCUT2D eigenvalue weighted by molar-refractivity contribution is 0.0377. The molecule has 112 valence electrons. The molecule has 0 unspecified atom stereocenters. The number of nitrogens with zero attached hydrogens (tertiary/aromatic N) is 2. The average Bonchev–Trinajstić information content (AvgIpc) is 2.72. The van der Waals surface area contributed by atoms with Gasteiger partial charge in [-0.1, -0.05) is 0 Å². The highest BCUT2D eigenvalue weighted by Gasteiger charge is 2.33. The van der Waals surface area contributed by atoms with E-state index in [1.807, 2.05) is 4.90 Å². The summed E-state index contributed by atoms with van der Waals surface area (Å²) in [6, 6.07) is 5.22. The van der Waals surface area contributed by atoms with E-state index in [0.29, 0.717) is 17.3 Å². The van der Waals surface area contributed by atoms with Gasteiger partial charge >= 0.3 is 5.97 Å². The smallest absolute Gasteiger partial charge is 0.338 e. The Morgan fingerprint density at radius 3 is 2.90 bits per heavy atom. The maximum absolute atomic E-state index is 11.9. The normalized spacial score (nSPS) is 19.0. The molecule has 0 fully saturated rings. The fourth-order valence-corrected chi connectivity index (χ4v) is 4.44. The lowest BCUT2D eigenvalue weighted by Gasteiger charge is -2.22.